The fraction of sp³-hybridized carbons (Fsp3) is 0.190. The van der Waals surface area contributed by atoms with Gasteiger partial charge in [-0.25, -0.2) is 13.1 Å². The lowest BCUT2D eigenvalue weighted by Crippen LogP contribution is -2.24. The van der Waals surface area contributed by atoms with Gasteiger partial charge in [0.2, 0.25) is 10.0 Å². The number of aryl methyl sites for hydroxylation is 1. The highest BCUT2D eigenvalue weighted by Gasteiger charge is 2.15. The lowest BCUT2D eigenvalue weighted by Gasteiger charge is -2.10. The second kappa shape index (κ2) is 9.40. The van der Waals surface area contributed by atoms with Crippen molar-refractivity contribution < 1.29 is 22.4 Å². The highest BCUT2D eigenvalue weighted by molar-refractivity contribution is 7.89. The molecule has 3 rings (SSSR count). The number of hydrogen-bond acceptors (Lipinski definition) is 5. The molecule has 1 aromatic heterocycles. The average molecular weight is 414 g/mol. The first-order valence-corrected chi connectivity index (χ1v) is 10.6. The molecule has 29 heavy (non-hydrogen) atoms. The van der Waals surface area contributed by atoms with Crippen molar-refractivity contribution in [2.75, 3.05) is 11.9 Å². The molecule has 2 N–H and O–H groups in total. The molecule has 0 atom stereocenters. The normalized spacial score (nSPS) is 11.2. The van der Waals surface area contributed by atoms with Crippen molar-refractivity contribution in [1.29, 1.82) is 0 Å². The smallest absolute Gasteiger partial charge is 0.262 e. The van der Waals surface area contributed by atoms with Crippen molar-refractivity contribution in [1.82, 2.24) is 4.72 Å². The first-order chi connectivity index (χ1) is 14.0. The maximum atomic E-state index is 12.4. The Balaban J connectivity index is 1.57. The number of hydrogen-bond donors (Lipinski definition) is 2. The van der Waals surface area contributed by atoms with E-state index >= 15 is 0 Å². The van der Waals surface area contributed by atoms with Gasteiger partial charge in [-0.15, -0.1) is 0 Å². The van der Waals surface area contributed by atoms with Crippen LogP contribution in [0.1, 0.15) is 18.2 Å². The highest BCUT2D eigenvalue weighted by Crippen LogP contribution is 2.17. The van der Waals surface area contributed by atoms with E-state index in [2.05, 4.69) is 17.0 Å². The highest BCUT2D eigenvalue weighted by atomic mass is 32.2. The van der Waals surface area contributed by atoms with E-state index in [4.69, 9.17) is 9.15 Å². The Morgan fingerprint density at radius 2 is 1.86 bits per heavy atom. The van der Waals surface area contributed by atoms with E-state index in [-0.39, 0.29) is 24.0 Å². The lowest BCUT2D eigenvalue weighted by molar-refractivity contribution is -0.118. The van der Waals surface area contributed by atoms with E-state index in [0.29, 0.717) is 17.2 Å². The van der Waals surface area contributed by atoms with E-state index in [9.17, 15) is 13.2 Å². The molecule has 3 aromatic rings. The molecular weight excluding hydrogens is 392 g/mol. The van der Waals surface area contributed by atoms with Crippen molar-refractivity contribution >= 4 is 21.6 Å². The molecule has 0 spiro atoms. The lowest BCUT2D eigenvalue weighted by atomic mass is 10.2. The molecule has 0 aliphatic rings. The molecule has 1 heterocycles. The van der Waals surface area contributed by atoms with E-state index in [1.165, 1.54) is 24.0 Å². The summed E-state index contributed by atoms with van der Waals surface area (Å²) >= 11 is 0. The molecule has 1 amide bonds. The summed E-state index contributed by atoms with van der Waals surface area (Å²) in [6.07, 6.45) is 2.40. The van der Waals surface area contributed by atoms with Crippen LogP contribution in [0.15, 0.2) is 76.2 Å². The van der Waals surface area contributed by atoms with Gasteiger partial charge in [0, 0.05) is 5.69 Å². The number of furan rings is 1. The molecule has 2 aromatic carbocycles. The Morgan fingerprint density at radius 3 is 2.55 bits per heavy atom. The third kappa shape index (κ3) is 5.94. The zero-order valence-corrected chi connectivity index (χ0v) is 16.7. The van der Waals surface area contributed by atoms with Gasteiger partial charge in [-0.3, -0.25) is 4.79 Å². The van der Waals surface area contributed by atoms with Crippen molar-refractivity contribution in [3.8, 4) is 5.75 Å². The summed E-state index contributed by atoms with van der Waals surface area (Å²) in [7, 11) is -3.75. The number of rotatable bonds is 9. The summed E-state index contributed by atoms with van der Waals surface area (Å²) in [4.78, 5) is 12.2. The number of amides is 1. The minimum absolute atomic E-state index is 0.0383. The number of anilines is 1. The second-order valence-electron chi connectivity index (χ2n) is 6.27. The van der Waals surface area contributed by atoms with Crippen LogP contribution in [-0.4, -0.2) is 20.9 Å². The summed E-state index contributed by atoms with van der Waals surface area (Å²) in [5.74, 6) is 0.709. The second-order valence-corrected chi connectivity index (χ2v) is 8.03. The number of nitrogens with one attached hydrogen (secondary N) is 2. The molecule has 0 radical (unpaired) electrons. The fourth-order valence-electron chi connectivity index (χ4n) is 2.57. The van der Waals surface area contributed by atoms with E-state index < -0.39 is 10.0 Å². The Bertz CT molecular complexity index is 1040. The van der Waals surface area contributed by atoms with Crippen molar-refractivity contribution in [2.24, 2.45) is 0 Å². The summed E-state index contributed by atoms with van der Waals surface area (Å²) in [6.45, 7) is 1.92. The molecule has 0 aliphatic heterocycles. The van der Waals surface area contributed by atoms with Gasteiger partial charge in [-0.05, 0) is 54.4 Å². The molecule has 7 nitrogen and oxygen atoms in total. The van der Waals surface area contributed by atoms with Gasteiger partial charge in [-0.1, -0.05) is 25.1 Å². The van der Waals surface area contributed by atoms with Crippen LogP contribution in [-0.2, 0) is 27.8 Å². The van der Waals surface area contributed by atoms with Crippen molar-refractivity contribution in [3.63, 3.8) is 0 Å². The Hall–Kier alpha value is -3.10. The van der Waals surface area contributed by atoms with Crippen LogP contribution in [0.5, 0.6) is 5.75 Å². The zero-order chi connectivity index (χ0) is 20.7. The molecule has 0 aliphatic carbocycles. The minimum atomic E-state index is -3.75. The summed E-state index contributed by atoms with van der Waals surface area (Å²) in [5.41, 5.74) is 1.54. The number of benzene rings is 2. The maximum absolute atomic E-state index is 12.4. The minimum Gasteiger partial charge on any atom is -0.484 e. The molecule has 0 saturated carbocycles. The maximum Gasteiger partial charge on any atom is 0.262 e. The van der Waals surface area contributed by atoms with Gasteiger partial charge in [0.15, 0.2) is 6.61 Å². The molecule has 0 fully saturated rings. The number of sulfonamides is 1. The largest absolute Gasteiger partial charge is 0.484 e. The van der Waals surface area contributed by atoms with Gasteiger partial charge in [0.25, 0.3) is 5.91 Å². The van der Waals surface area contributed by atoms with Gasteiger partial charge in [0.05, 0.1) is 17.7 Å². The predicted octanol–water partition coefficient (Wildman–Crippen LogP) is 3.34. The number of carbonyl (C=O) groups excluding carboxylic acids is 1. The third-order valence-electron chi connectivity index (χ3n) is 4.15. The zero-order valence-electron chi connectivity index (χ0n) is 15.9. The van der Waals surface area contributed by atoms with E-state index in [1.54, 1.807) is 24.3 Å². The molecular formula is C21H22N2O5S. The van der Waals surface area contributed by atoms with Crippen LogP contribution in [0.2, 0.25) is 0 Å². The van der Waals surface area contributed by atoms with E-state index in [1.807, 2.05) is 24.3 Å². The SMILES string of the molecule is CCc1ccc(OCC(=O)Nc2cccc(S(=O)(=O)NCc3ccco3)c2)cc1. The third-order valence-corrected chi connectivity index (χ3v) is 5.55. The van der Waals surface area contributed by atoms with Crippen LogP contribution in [0.25, 0.3) is 0 Å². The van der Waals surface area contributed by atoms with Crippen LogP contribution < -0.4 is 14.8 Å². The summed E-state index contributed by atoms with van der Waals surface area (Å²) in [6, 6.07) is 16.9. The number of ether oxygens (including phenoxy) is 1. The summed E-state index contributed by atoms with van der Waals surface area (Å²) in [5, 5.41) is 2.64. The average Bonchev–Trinajstić information content (AvgIpc) is 3.25. The summed E-state index contributed by atoms with van der Waals surface area (Å²) < 4.78 is 37.9. The van der Waals surface area contributed by atoms with Gasteiger partial charge in [0.1, 0.15) is 11.5 Å². The van der Waals surface area contributed by atoms with Crippen molar-refractivity contribution in [3.05, 3.63) is 78.3 Å². The monoisotopic (exact) mass is 414 g/mol. The molecule has 0 unspecified atom stereocenters. The van der Waals surface area contributed by atoms with Crippen LogP contribution >= 0.6 is 0 Å². The first kappa shape index (κ1) is 20.6. The Morgan fingerprint density at radius 1 is 1.07 bits per heavy atom. The molecule has 8 heteroatoms. The van der Waals surface area contributed by atoms with E-state index in [0.717, 1.165) is 6.42 Å². The van der Waals surface area contributed by atoms with Gasteiger partial charge < -0.3 is 14.5 Å². The quantitative estimate of drug-likeness (QED) is 0.560. The van der Waals surface area contributed by atoms with Crippen molar-refractivity contribution in [2.45, 2.75) is 24.8 Å². The van der Waals surface area contributed by atoms with Gasteiger partial charge in [-0.2, -0.15) is 0 Å². The van der Waals surface area contributed by atoms with Crippen LogP contribution in [0.4, 0.5) is 5.69 Å². The standard InChI is InChI=1S/C21H22N2O5S/c1-2-16-8-10-18(11-9-16)28-15-21(24)23-17-5-3-7-20(13-17)29(25,26)22-14-19-6-4-12-27-19/h3-13,22H,2,14-15H2,1H3,(H,23,24). The topological polar surface area (TPSA) is 97.6 Å². The first-order valence-electron chi connectivity index (χ1n) is 9.10. The molecule has 0 bridgehead atoms. The number of carbonyl (C=O) groups is 1. The fourth-order valence-corrected chi connectivity index (χ4v) is 3.61. The van der Waals surface area contributed by atoms with Gasteiger partial charge >= 0.3 is 0 Å². The molecule has 152 valence electrons. The Kier molecular flexibility index (Phi) is 6.69. The Labute approximate surface area is 169 Å². The molecule has 0 saturated heterocycles. The van der Waals surface area contributed by atoms with Crippen LogP contribution in [0, 0.1) is 0 Å². The van der Waals surface area contributed by atoms with Crippen LogP contribution in [0.3, 0.4) is 0 Å². The predicted molar refractivity (Wildman–Crippen MR) is 109 cm³/mol.